The van der Waals surface area contributed by atoms with Gasteiger partial charge < -0.3 is 9.47 Å². The highest BCUT2D eigenvalue weighted by atomic mass is 17.0. The van der Waals surface area contributed by atoms with Gasteiger partial charge in [0, 0.05) is 6.42 Å². The third kappa shape index (κ3) is 2.96. The maximum absolute atomic E-state index is 5.29. The van der Waals surface area contributed by atoms with Crippen LogP contribution < -0.4 is 0 Å². The van der Waals surface area contributed by atoms with E-state index in [0.29, 0.717) is 5.92 Å². The number of ether oxygens (including phenoxy) is 2. The maximum Gasteiger partial charge on any atom is 0.225 e. The summed E-state index contributed by atoms with van der Waals surface area (Å²) in [5, 5.41) is 0. The van der Waals surface area contributed by atoms with Crippen LogP contribution in [0.25, 0.3) is 0 Å². The SMILES string of the molecule is C=CCC(C=CCCCC)CCC12OC1O2. The number of unbranched alkanes of at least 4 members (excludes halogenated alkanes) is 2. The van der Waals surface area contributed by atoms with Gasteiger partial charge in [-0.3, -0.25) is 0 Å². The minimum Gasteiger partial charge on any atom is -0.310 e. The van der Waals surface area contributed by atoms with Crippen molar-refractivity contribution in [3.05, 3.63) is 24.8 Å². The van der Waals surface area contributed by atoms with Crippen LogP contribution in [0.15, 0.2) is 24.8 Å². The van der Waals surface area contributed by atoms with Crippen LogP contribution in [0.5, 0.6) is 0 Å². The average molecular weight is 222 g/mol. The van der Waals surface area contributed by atoms with Crippen molar-refractivity contribution in [3.63, 3.8) is 0 Å². The third-order valence-electron chi connectivity index (χ3n) is 3.32. The Hall–Kier alpha value is -0.600. The summed E-state index contributed by atoms with van der Waals surface area (Å²) in [4.78, 5) is 0. The Labute approximate surface area is 98.3 Å². The third-order valence-corrected chi connectivity index (χ3v) is 3.32. The minimum atomic E-state index is -0.128. The van der Waals surface area contributed by atoms with Gasteiger partial charge in [0.1, 0.15) is 0 Å². The summed E-state index contributed by atoms with van der Waals surface area (Å²) in [7, 11) is 0. The molecule has 0 spiro atoms. The summed E-state index contributed by atoms with van der Waals surface area (Å²) in [6.45, 7) is 6.04. The van der Waals surface area contributed by atoms with Crippen LogP contribution >= 0.6 is 0 Å². The molecular formula is C14H22O2. The van der Waals surface area contributed by atoms with Gasteiger partial charge in [-0.05, 0) is 25.2 Å². The Morgan fingerprint density at radius 2 is 2.19 bits per heavy atom. The Balaban J connectivity index is 1.65. The van der Waals surface area contributed by atoms with Gasteiger partial charge in [0.25, 0.3) is 0 Å². The van der Waals surface area contributed by atoms with E-state index in [1.54, 1.807) is 0 Å². The Morgan fingerprint density at radius 1 is 1.44 bits per heavy atom. The van der Waals surface area contributed by atoms with E-state index in [2.05, 4.69) is 25.7 Å². The lowest BCUT2D eigenvalue weighted by atomic mass is 9.97. The van der Waals surface area contributed by atoms with Gasteiger partial charge in [-0.25, -0.2) is 0 Å². The fourth-order valence-corrected chi connectivity index (χ4v) is 2.04. The van der Waals surface area contributed by atoms with E-state index < -0.39 is 0 Å². The van der Waals surface area contributed by atoms with E-state index in [-0.39, 0.29) is 12.1 Å². The van der Waals surface area contributed by atoms with Crippen LogP contribution in [0.2, 0.25) is 0 Å². The molecule has 0 aromatic rings. The van der Waals surface area contributed by atoms with Gasteiger partial charge in [0.05, 0.1) is 0 Å². The quantitative estimate of drug-likeness (QED) is 0.337. The monoisotopic (exact) mass is 222 g/mol. The molecule has 2 heterocycles. The molecule has 0 N–H and O–H groups in total. The molecular weight excluding hydrogens is 200 g/mol. The summed E-state index contributed by atoms with van der Waals surface area (Å²) in [5.74, 6) is 0.481. The number of rotatable bonds is 9. The summed E-state index contributed by atoms with van der Waals surface area (Å²) in [6.07, 6.45) is 13.8. The summed E-state index contributed by atoms with van der Waals surface area (Å²) >= 11 is 0. The first-order valence-electron chi connectivity index (χ1n) is 6.44. The van der Waals surface area contributed by atoms with Crippen molar-refractivity contribution in [2.75, 3.05) is 0 Å². The highest BCUT2D eigenvalue weighted by Gasteiger charge is 2.76. The van der Waals surface area contributed by atoms with Crippen molar-refractivity contribution < 1.29 is 9.47 Å². The van der Waals surface area contributed by atoms with Crippen molar-refractivity contribution in [1.29, 1.82) is 0 Å². The highest BCUT2D eigenvalue weighted by molar-refractivity contribution is 5.04. The molecule has 0 aliphatic carbocycles. The number of hydrogen-bond acceptors (Lipinski definition) is 2. The Bertz CT molecular complexity index is 264. The fourth-order valence-electron chi connectivity index (χ4n) is 2.04. The second-order valence-corrected chi connectivity index (χ2v) is 4.77. The van der Waals surface area contributed by atoms with Crippen LogP contribution in [0.3, 0.4) is 0 Å². The van der Waals surface area contributed by atoms with Crippen LogP contribution in [0, 0.1) is 5.92 Å². The highest BCUT2D eigenvalue weighted by Crippen LogP contribution is 2.59. The van der Waals surface area contributed by atoms with Crippen LogP contribution in [0.1, 0.15) is 45.4 Å². The van der Waals surface area contributed by atoms with E-state index in [0.717, 1.165) is 19.3 Å². The summed E-state index contributed by atoms with van der Waals surface area (Å²) in [5.41, 5.74) is 0. The number of fused-ring (bicyclic) bond motifs is 1. The van der Waals surface area contributed by atoms with E-state index in [4.69, 9.17) is 9.47 Å². The van der Waals surface area contributed by atoms with Gasteiger partial charge in [0.2, 0.25) is 12.1 Å². The molecule has 0 aromatic heterocycles. The first kappa shape index (κ1) is 11.9. The van der Waals surface area contributed by atoms with Gasteiger partial charge in [-0.1, -0.05) is 38.0 Å². The molecule has 90 valence electrons. The van der Waals surface area contributed by atoms with E-state index in [1.165, 1.54) is 19.3 Å². The van der Waals surface area contributed by atoms with E-state index in [1.807, 2.05) is 6.08 Å². The molecule has 0 saturated carbocycles. The van der Waals surface area contributed by atoms with Crippen molar-refractivity contribution in [2.45, 2.75) is 57.5 Å². The molecule has 2 nitrogen and oxygen atoms in total. The first-order chi connectivity index (χ1) is 7.80. The molecule has 0 radical (unpaired) electrons. The van der Waals surface area contributed by atoms with Crippen LogP contribution in [0.4, 0.5) is 0 Å². The zero-order valence-corrected chi connectivity index (χ0v) is 10.2. The van der Waals surface area contributed by atoms with Crippen molar-refractivity contribution in [2.24, 2.45) is 5.92 Å². The van der Waals surface area contributed by atoms with Crippen LogP contribution in [-0.2, 0) is 9.47 Å². The Morgan fingerprint density at radius 3 is 2.75 bits per heavy atom. The molecule has 2 heteroatoms. The fraction of sp³-hybridized carbons (Fsp3) is 0.714. The van der Waals surface area contributed by atoms with Crippen LogP contribution in [-0.4, -0.2) is 12.1 Å². The zero-order chi connectivity index (χ0) is 11.4. The lowest BCUT2D eigenvalue weighted by Crippen LogP contribution is -2.03. The molecule has 0 amide bonds. The molecule has 2 aliphatic rings. The molecule has 0 bridgehead atoms. The molecule has 16 heavy (non-hydrogen) atoms. The maximum atomic E-state index is 5.29. The number of epoxide rings is 2. The second-order valence-electron chi connectivity index (χ2n) is 4.77. The molecule has 1 atom stereocenters. The molecule has 2 aliphatic heterocycles. The standard InChI is InChI=1S/C14H22O2/c1-3-5-6-7-9-12(8-4-2)10-11-14-13(15-14)16-14/h4,7,9,12-13H,2-3,5-6,8,10-11H2,1H3. The second kappa shape index (κ2) is 5.15. The molecule has 2 rings (SSSR count). The van der Waals surface area contributed by atoms with Crippen molar-refractivity contribution in [1.82, 2.24) is 0 Å². The molecule has 2 fully saturated rings. The molecule has 0 aromatic carbocycles. The molecule has 2 saturated heterocycles. The predicted molar refractivity (Wildman–Crippen MR) is 64.9 cm³/mol. The lowest BCUT2D eigenvalue weighted by Gasteiger charge is -2.10. The average Bonchev–Trinajstić information content (AvgIpc) is 3.09. The van der Waals surface area contributed by atoms with Gasteiger partial charge >= 0.3 is 0 Å². The van der Waals surface area contributed by atoms with E-state index >= 15 is 0 Å². The van der Waals surface area contributed by atoms with Gasteiger partial charge in [0.15, 0.2) is 0 Å². The summed E-state index contributed by atoms with van der Waals surface area (Å²) in [6, 6.07) is 0. The van der Waals surface area contributed by atoms with E-state index in [9.17, 15) is 0 Å². The normalized spacial score (nSPS) is 32.4. The minimum absolute atomic E-state index is 0.128. The smallest absolute Gasteiger partial charge is 0.225 e. The van der Waals surface area contributed by atoms with Crippen molar-refractivity contribution >= 4 is 0 Å². The largest absolute Gasteiger partial charge is 0.310 e. The molecule has 1 unspecified atom stereocenters. The number of allylic oxidation sites excluding steroid dienone is 3. The lowest BCUT2D eigenvalue weighted by molar-refractivity contribution is -0.0550. The predicted octanol–water partition coefficient (Wildman–Crippen LogP) is 3.79. The van der Waals surface area contributed by atoms with Gasteiger partial charge in [-0.2, -0.15) is 0 Å². The first-order valence-corrected chi connectivity index (χ1v) is 6.44. The van der Waals surface area contributed by atoms with Gasteiger partial charge in [-0.15, -0.1) is 6.58 Å². The zero-order valence-electron chi connectivity index (χ0n) is 10.2. The topological polar surface area (TPSA) is 25.1 Å². The van der Waals surface area contributed by atoms with Crippen molar-refractivity contribution in [3.8, 4) is 0 Å². The summed E-state index contributed by atoms with van der Waals surface area (Å²) < 4.78 is 10.6. The number of hydrogen-bond donors (Lipinski definition) is 0. The Kier molecular flexibility index (Phi) is 3.82.